The zero-order chi connectivity index (χ0) is 17.8. The number of benzene rings is 1. The third-order valence-electron chi connectivity index (χ3n) is 4.67. The minimum atomic E-state index is -0.0584. The molecule has 0 N–H and O–H groups in total. The molecule has 132 valence electrons. The first-order valence-corrected chi connectivity index (χ1v) is 8.81. The number of fused-ring (bicyclic) bond motifs is 1. The van der Waals surface area contributed by atoms with Gasteiger partial charge in [0.2, 0.25) is 0 Å². The largest absolute Gasteiger partial charge is 0.335 e. The van der Waals surface area contributed by atoms with E-state index in [2.05, 4.69) is 49.0 Å². The number of carbonyl (C=O) groups excluding carboxylic acids is 1. The third-order valence-corrected chi connectivity index (χ3v) is 4.67. The maximum Gasteiger partial charge on any atom is 0.272 e. The molecule has 0 spiro atoms. The molecule has 0 saturated heterocycles. The van der Waals surface area contributed by atoms with Crippen molar-refractivity contribution in [2.75, 3.05) is 13.1 Å². The number of rotatable bonds is 4. The van der Waals surface area contributed by atoms with Gasteiger partial charge < -0.3 is 9.47 Å². The zero-order valence-electron chi connectivity index (χ0n) is 14.5. The predicted molar refractivity (Wildman–Crippen MR) is 95.5 cm³/mol. The Kier molecular flexibility index (Phi) is 4.68. The van der Waals surface area contributed by atoms with Crippen LogP contribution in [0.5, 0.6) is 0 Å². The second-order valence-electron chi connectivity index (χ2n) is 6.31. The van der Waals surface area contributed by atoms with Gasteiger partial charge in [-0.05, 0) is 18.1 Å². The molecule has 7 nitrogen and oxygen atoms in total. The lowest BCUT2D eigenvalue weighted by Crippen LogP contribution is -2.34. The summed E-state index contributed by atoms with van der Waals surface area (Å²) in [5, 5.41) is 8.72. The van der Waals surface area contributed by atoms with Crippen molar-refractivity contribution in [2.45, 2.75) is 25.8 Å². The van der Waals surface area contributed by atoms with Gasteiger partial charge in [-0.25, -0.2) is 9.97 Å². The Hall–Kier alpha value is -3.09. The molecule has 2 aromatic heterocycles. The van der Waals surface area contributed by atoms with Crippen LogP contribution < -0.4 is 0 Å². The van der Waals surface area contributed by atoms with Gasteiger partial charge in [0.25, 0.3) is 5.91 Å². The second-order valence-corrected chi connectivity index (χ2v) is 6.31. The molecule has 0 fully saturated rings. The maximum absolute atomic E-state index is 12.6. The van der Waals surface area contributed by atoms with Crippen LogP contribution >= 0.6 is 0 Å². The van der Waals surface area contributed by atoms with E-state index in [4.69, 9.17) is 0 Å². The molecule has 1 aliphatic heterocycles. The highest BCUT2D eigenvalue weighted by molar-refractivity contribution is 5.92. The zero-order valence-corrected chi connectivity index (χ0v) is 14.5. The van der Waals surface area contributed by atoms with Crippen LogP contribution in [0.1, 0.15) is 27.7 Å². The molecule has 0 aliphatic carbocycles. The van der Waals surface area contributed by atoms with Crippen molar-refractivity contribution in [1.29, 1.82) is 0 Å². The average molecular weight is 348 g/mol. The molecule has 0 radical (unpaired) electrons. The number of nitrogens with zero attached hydrogens (tertiary/aromatic N) is 6. The fourth-order valence-corrected chi connectivity index (χ4v) is 3.25. The average Bonchev–Trinajstić information content (AvgIpc) is 2.96. The van der Waals surface area contributed by atoms with E-state index in [-0.39, 0.29) is 5.91 Å². The number of amides is 1. The van der Waals surface area contributed by atoms with Crippen LogP contribution in [0.3, 0.4) is 0 Å². The molecule has 3 aromatic rings. The minimum absolute atomic E-state index is 0.0584. The van der Waals surface area contributed by atoms with Crippen LogP contribution in [0.15, 0.2) is 48.9 Å². The lowest BCUT2D eigenvalue weighted by atomic mass is 10.1. The summed E-state index contributed by atoms with van der Waals surface area (Å²) in [7, 11) is 0. The quantitative estimate of drug-likeness (QED) is 0.715. The van der Waals surface area contributed by atoms with Gasteiger partial charge in [0.05, 0.1) is 0 Å². The van der Waals surface area contributed by atoms with E-state index < -0.39 is 0 Å². The SMILES string of the molecule is O=C(c1ccncn1)N1CCc2nnc(CCc3ccccc3)n2CC1. The van der Waals surface area contributed by atoms with Crippen molar-refractivity contribution < 1.29 is 4.79 Å². The van der Waals surface area contributed by atoms with E-state index in [1.54, 1.807) is 12.3 Å². The molecule has 1 aromatic carbocycles. The minimum Gasteiger partial charge on any atom is -0.335 e. The summed E-state index contributed by atoms with van der Waals surface area (Å²) in [6.45, 7) is 1.97. The first-order chi connectivity index (χ1) is 12.8. The van der Waals surface area contributed by atoms with Gasteiger partial charge in [-0.15, -0.1) is 10.2 Å². The summed E-state index contributed by atoms with van der Waals surface area (Å²) in [5.41, 5.74) is 1.72. The van der Waals surface area contributed by atoms with Crippen molar-refractivity contribution in [3.05, 3.63) is 71.8 Å². The molecule has 0 atom stereocenters. The van der Waals surface area contributed by atoms with Gasteiger partial charge in [-0.3, -0.25) is 4.79 Å². The standard InChI is InChI=1S/C19H20N6O/c26-19(16-8-10-20-14-21-16)24-11-9-18-23-22-17(25(18)13-12-24)7-6-15-4-2-1-3-5-15/h1-5,8,10,14H,6-7,9,11-13H2. The Balaban J connectivity index is 1.44. The normalized spacial score (nSPS) is 13.9. The van der Waals surface area contributed by atoms with E-state index in [1.807, 2.05) is 11.0 Å². The van der Waals surface area contributed by atoms with Gasteiger partial charge in [0, 0.05) is 38.7 Å². The van der Waals surface area contributed by atoms with Gasteiger partial charge >= 0.3 is 0 Å². The first-order valence-electron chi connectivity index (χ1n) is 8.81. The highest BCUT2D eigenvalue weighted by Crippen LogP contribution is 2.13. The van der Waals surface area contributed by atoms with Gasteiger partial charge in [-0.2, -0.15) is 0 Å². The van der Waals surface area contributed by atoms with Crippen molar-refractivity contribution in [3.8, 4) is 0 Å². The maximum atomic E-state index is 12.6. The summed E-state index contributed by atoms with van der Waals surface area (Å²) in [5.74, 6) is 1.88. The number of carbonyl (C=O) groups is 1. The Labute approximate surface area is 151 Å². The van der Waals surface area contributed by atoms with Crippen LogP contribution in [0.2, 0.25) is 0 Å². The molecular weight excluding hydrogens is 328 g/mol. The molecule has 1 amide bonds. The van der Waals surface area contributed by atoms with Gasteiger partial charge in [-0.1, -0.05) is 30.3 Å². The van der Waals surface area contributed by atoms with Crippen LogP contribution in [-0.2, 0) is 25.8 Å². The third kappa shape index (κ3) is 3.46. The second kappa shape index (κ2) is 7.43. The highest BCUT2D eigenvalue weighted by atomic mass is 16.2. The molecular formula is C19H20N6O. The molecule has 3 heterocycles. The van der Waals surface area contributed by atoms with Gasteiger partial charge in [0.1, 0.15) is 23.7 Å². The van der Waals surface area contributed by atoms with Crippen molar-refractivity contribution >= 4 is 5.91 Å². The summed E-state index contributed by atoms with van der Waals surface area (Å²) >= 11 is 0. The molecule has 7 heteroatoms. The Morgan fingerprint density at radius 1 is 1.00 bits per heavy atom. The highest BCUT2D eigenvalue weighted by Gasteiger charge is 2.23. The van der Waals surface area contributed by atoms with Crippen molar-refractivity contribution in [1.82, 2.24) is 29.6 Å². The van der Waals surface area contributed by atoms with Crippen LogP contribution in [0, 0.1) is 0 Å². The first kappa shape index (κ1) is 16.4. The molecule has 26 heavy (non-hydrogen) atoms. The lowest BCUT2D eigenvalue weighted by molar-refractivity contribution is 0.0752. The summed E-state index contributed by atoms with van der Waals surface area (Å²) in [6.07, 6.45) is 5.48. The summed E-state index contributed by atoms with van der Waals surface area (Å²) in [6, 6.07) is 12.0. The summed E-state index contributed by atoms with van der Waals surface area (Å²) in [4.78, 5) is 22.4. The molecule has 1 aliphatic rings. The van der Waals surface area contributed by atoms with Crippen LogP contribution in [-0.4, -0.2) is 48.6 Å². The van der Waals surface area contributed by atoms with Crippen molar-refractivity contribution in [2.24, 2.45) is 0 Å². The summed E-state index contributed by atoms with van der Waals surface area (Å²) < 4.78 is 2.16. The molecule has 0 unspecified atom stereocenters. The van der Waals surface area contributed by atoms with E-state index >= 15 is 0 Å². The topological polar surface area (TPSA) is 76.8 Å². The van der Waals surface area contributed by atoms with E-state index in [0.717, 1.165) is 24.5 Å². The fourth-order valence-electron chi connectivity index (χ4n) is 3.25. The van der Waals surface area contributed by atoms with Crippen LogP contribution in [0.4, 0.5) is 0 Å². The Morgan fingerprint density at radius 2 is 1.88 bits per heavy atom. The fraction of sp³-hybridized carbons (Fsp3) is 0.316. The van der Waals surface area contributed by atoms with Gasteiger partial charge in [0.15, 0.2) is 0 Å². The molecule has 4 rings (SSSR count). The van der Waals surface area contributed by atoms with E-state index in [1.165, 1.54) is 11.9 Å². The molecule has 0 bridgehead atoms. The predicted octanol–water partition coefficient (Wildman–Crippen LogP) is 1.55. The molecule has 0 saturated carbocycles. The van der Waals surface area contributed by atoms with Crippen molar-refractivity contribution in [3.63, 3.8) is 0 Å². The monoisotopic (exact) mass is 348 g/mol. The smallest absolute Gasteiger partial charge is 0.272 e. The Bertz CT molecular complexity index is 878. The van der Waals surface area contributed by atoms with E-state index in [0.29, 0.717) is 31.7 Å². The number of aryl methyl sites for hydroxylation is 2. The lowest BCUT2D eigenvalue weighted by Gasteiger charge is -2.19. The number of aromatic nitrogens is 5. The van der Waals surface area contributed by atoms with Crippen LogP contribution in [0.25, 0.3) is 0 Å². The number of hydrogen-bond donors (Lipinski definition) is 0. The number of hydrogen-bond acceptors (Lipinski definition) is 5. The Morgan fingerprint density at radius 3 is 2.69 bits per heavy atom. The van der Waals surface area contributed by atoms with E-state index in [9.17, 15) is 4.79 Å².